The zero-order valence-corrected chi connectivity index (χ0v) is 34.5. The van der Waals surface area contributed by atoms with Crippen LogP contribution in [0.25, 0.3) is 0 Å². The number of aliphatic hydroxyl groups excluding tert-OH is 2. The molecule has 18 nitrogen and oxygen atoms in total. The molecule has 14 atom stereocenters. The van der Waals surface area contributed by atoms with Gasteiger partial charge in [0.2, 0.25) is 6.10 Å². The molecule has 3 heterocycles. The van der Waals surface area contributed by atoms with Crippen molar-refractivity contribution in [2.45, 2.75) is 135 Å². The molecule has 0 unspecified atom stereocenters. The van der Waals surface area contributed by atoms with Crippen LogP contribution in [-0.2, 0) is 66.7 Å². The third kappa shape index (κ3) is 7.41. The zero-order chi connectivity index (χ0) is 44.2. The molecular weight excluding hydrogens is 780 g/mol. The van der Waals surface area contributed by atoms with Crippen molar-refractivity contribution in [3.8, 4) is 0 Å². The molecule has 4 fully saturated rings. The van der Waals surface area contributed by atoms with Gasteiger partial charge in [-0.15, -0.1) is 0 Å². The number of cyclic esters (lactones) is 1. The van der Waals surface area contributed by atoms with Gasteiger partial charge >= 0.3 is 35.8 Å². The number of rotatable bonds is 17. The number of hydrogen-bond acceptors (Lipinski definition) is 17. The maximum Gasteiger partial charge on any atom is 0.348 e. The van der Waals surface area contributed by atoms with Crippen molar-refractivity contribution in [3.63, 3.8) is 0 Å². The van der Waals surface area contributed by atoms with Crippen molar-refractivity contribution in [2.24, 2.45) is 34.5 Å². The first-order valence-corrected chi connectivity index (χ1v) is 19.4. The fourth-order valence-corrected chi connectivity index (χ4v) is 10.3. The molecule has 5 rings (SSSR count). The normalized spacial score (nSPS) is 34.6. The highest BCUT2D eigenvalue weighted by molar-refractivity contribution is 5.80. The van der Waals surface area contributed by atoms with E-state index in [1.165, 1.54) is 26.4 Å². The first kappa shape index (κ1) is 45.3. The van der Waals surface area contributed by atoms with E-state index in [-0.39, 0.29) is 12.0 Å². The number of carbonyl (C=O) groups is 7. The molecule has 1 spiro atoms. The number of ether oxygens (including phenoxy) is 7. The lowest BCUT2D eigenvalue weighted by molar-refractivity contribution is -0.227. The van der Waals surface area contributed by atoms with Crippen LogP contribution in [0.2, 0.25) is 0 Å². The topological polar surface area (TPSA) is 261 Å². The third-order valence-electron chi connectivity index (χ3n) is 13.0. The second-order valence-electron chi connectivity index (χ2n) is 17.3. The minimum atomic E-state index is -1.90. The Labute approximate surface area is 340 Å². The molecule has 2 aliphatic heterocycles. The van der Waals surface area contributed by atoms with Crippen LogP contribution in [0.5, 0.6) is 0 Å². The number of esters is 5. The molecule has 0 aromatic carbocycles. The van der Waals surface area contributed by atoms with Crippen LogP contribution in [-0.4, -0.2) is 118 Å². The molecule has 0 amide bonds. The minimum Gasteiger partial charge on any atom is -0.481 e. The van der Waals surface area contributed by atoms with Crippen molar-refractivity contribution < 1.29 is 86.5 Å². The van der Waals surface area contributed by atoms with Crippen molar-refractivity contribution in [3.05, 3.63) is 36.3 Å². The first-order valence-electron chi connectivity index (χ1n) is 19.4. The molecule has 0 radical (unpaired) electrons. The molecule has 4 aliphatic rings. The maximum atomic E-state index is 14.0. The molecule has 2 saturated heterocycles. The number of furan rings is 1. The van der Waals surface area contributed by atoms with Crippen LogP contribution >= 0.6 is 0 Å². The van der Waals surface area contributed by atoms with E-state index in [0.29, 0.717) is 5.56 Å². The second-order valence-corrected chi connectivity index (χ2v) is 17.3. The highest BCUT2D eigenvalue weighted by atomic mass is 16.7. The summed E-state index contributed by atoms with van der Waals surface area (Å²) in [5, 5.41) is 32.1. The molecule has 3 N–H and O–H groups in total. The molecule has 1 aromatic heterocycles. The van der Waals surface area contributed by atoms with Gasteiger partial charge < -0.3 is 52.9 Å². The Morgan fingerprint density at radius 3 is 2.17 bits per heavy atom. The average Bonchev–Trinajstić information content (AvgIpc) is 3.38. The quantitative estimate of drug-likeness (QED) is 0.0669. The van der Waals surface area contributed by atoms with Gasteiger partial charge in [0.05, 0.1) is 37.4 Å². The largest absolute Gasteiger partial charge is 0.481 e. The summed E-state index contributed by atoms with van der Waals surface area (Å²) in [6.07, 6.45) is -9.08. The standard InChI is InChI=1S/C41H54O18/c1-18(2)30(49)36(50)57-34-32(53-17-43)28(39(9,25(14-26(46)47)54-21(6)44)24-13-27(48)58-38(24,8)16-42)20(5)41-35(59-41)33(29(40(34,41)10)23-11-12-52-15-23)56-37(51)31(19(3)4)55-22(7)45/h11-12,15,17-19,24-25,28-35,42,49H,5,13-14,16H2,1-4,6-10H3,(H,46,47)/t24-,25-,28+,29+,30+,31+,32+,33+,34-,35+,38+,39+,40+,41+/m0/s1. The van der Waals surface area contributed by atoms with Gasteiger partial charge in [-0.2, -0.15) is 0 Å². The van der Waals surface area contributed by atoms with E-state index >= 15 is 0 Å². The van der Waals surface area contributed by atoms with E-state index in [2.05, 4.69) is 6.58 Å². The van der Waals surface area contributed by atoms with E-state index < -0.39 is 150 Å². The van der Waals surface area contributed by atoms with Crippen LogP contribution in [0, 0.1) is 34.5 Å². The van der Waals surface area contributed by atoms with Gasteiger partial charge in [0, 0.05) is 42.9 Å². The highest BCUT2D eigenvalue weighted by Gasteiger charge is 2.88. The summed E-state index contributed by atoms with van der Waals surface area (Å²) in [5.74, 6) is -10.9. The molecule has 1 aromatic rings. The summed E-state index contributed by atoms with van der Waals surface area (Å²) in [6.45, 7) is 16.9. The van der Waals surface area contributed by atoms with Crippen LogP contribution in [0.3, 0.4) is 0 Å². The molecule has 2 aliphatic carbocycles. The van der Waals surface area contributed by atoms with Gasteiger partial charge in [-0.25, -0.2) is 9.59 Å². The molecule has 326 valence electrons. The number of aliphatic hydroxyl groups is 2. The Hall–Kier alpha value is -4.81. The van der Waals surface area contributed by atoms with E-state index in [1.807, 2.05) is 0 Å². The summed E-state index contributed by atoms with van der Waals surface area (Å²) in [7, 11) is 0. The number of aliphatic carboxylic acids is 1. The third-order valence-corrected chi connectivity index (χ3v) is 13.0. The second kappa shape index (κ2) is 16.3. The number of epoxide rings is 1. The Morgan fingerprint density at radius 1 is 1.02 bits per heavy atom. The van der Waals surface area contributed by atoms with Crippen LogP contribution in [0.4, 0.5) is 0 Å². The SMILES string of the molecule is C=C1[C@@H]([C@@](C)([C@H](CC(=O)O)OC(C)=O)[C@H]2CC(=O)O[C@]2(C)CO)[C@@H](OC=O)[C@H](OC(=O)[C@H](O)C(C)C)[C@@]2(C)[C@H](c3ccoc3)[C@@H](OC(=O)[C@H](OC(C)=O)C(C)C)[C@H]3O[C@]132. The van der Waals surface area contributed by atoms with Gasteiger partial charge in [0.25, 0.3) is 6.47 Å². The van der Waals surface area contributed by atoms with Crippen molar-refractivity contribution in [1.29, 1.82) is 0 Å². The van der Waals surface area contributed by atoms with Gasteiger partial charge in [0.1, 0.15) is 41.7 Å². The van der Waals surface area contributed by atoms with Crippen LogP contribution < -0.4 is 0 Å². The van der Waals surface area contributed by atoms with E-state index in [4.69, 9.17) is 37.6 Å². The van der Waals surface area contributed by atoms with E-state index in [9.17, 15) is 48.9 Å². The molecule has 59 heavy (non-hydrogen) atoms. The van der Waals surface area contributed by atoms with Gasteiger partial charge in [-0.1, -0.05) is 48.1 Å². The van der Waals surface area contributed by atoms with E-state index in [1.54, 1.807) is 40.7 Å². The lowest BCUT2D eigenvalue weighted by atomic mass is 9.47. The summed E-state index contributed by atoms with van der Waals surface area (Å²) >= 11 is 0. The Kier molecular flexibility index (Phi) is 12.5. The maximum absolute atomic E-state index is 14.0. The number of carbonyl (C=O) groups excluding carboxylic acids is 6. The minimum absolute atomic E-state index is 0.0723. The molecule has 0 bridgehead atoms. The summed E-state index contributed by atoms with van der Waals surface area (Å²) in [6, 6.07) is 1.58. The molecule has 2 saturated carbocycles. The lowest BCUT2D eigenvalue weighted by Gasteiger charge is -2.59. The fraction of sp³-hybridized carbons (Fsp3) is 0.683. The smallest absolute Gasteiger partial charge is 0.348 e. The highest BCUT2D eigenvalue weighted by Crippen LogP contribution is 2.77. The van der Waals surface area contributed by atoms with Crippen molar-refractivity contribution in [1.82, 2.24) is 0 Å². The van der Waals surface area contributed by atoms with Crippen LogP contribution in [0.1, 0.15) is 86.6 Å². The van der Waals surface area contributed by atoms with Gasteiger partial charge in [-0.3, -0.25) is 24.0 Å². The Bertz CT molecular complexity index is 1820. The zero-order valence-electron chi connectivity index (χ0n) is 34.5. The Morgan fingerprint density at radius 2 is 1.66 bits per heavy atom. The van der Waals surface area contributed by atoms with Gasteiger partial charge in [-0.05, 0) is 30.0 Å². The van der Waals surface area contributed by atoms with Crippen molar-refractivity contribution in [2.75, 3.05) is 6.61 Å². The summed E-state index contributed by atoms with van der Waals surface area (Å²) in [5.41, 5.74) is -6.51. The summed E-state index contributed by atoms with van der Waals surface area (Å²) in [4.78, 5) is 91.4. The number of carboxylic acid groups (broad SMARTS) is 1. The monoisotopic (exact) mass is 834 g/mol. The van der Waals surface area contributed by atoms with Crippen molar-refractivity contribution >= 4 is 42.3 Å². The number of hydrogen-bond donors (Lipinski definition) is 3. The molecule has 18 heteroatoms. The predicted octanol–water partition coefficient (Wildman–Crippen LogP) is 2.40. The Balaban J connectivity index is 1.84. The van der Waals surface area contributed by atoms with Crippen LogP contribution in [0.15, 0.2) is 35.2 Å². The first-order chi connectivity index (χ1) is 27.5. The summed E-state index contributed by atoms with van der Waals surface area (Å²) < 4.78 is 47.3. The van der Waals surface area contributed by atoms with Gasteiger partial charge in [0.15, 0.2) is 6.10 Å². The predicted molar refractivity (Wildman–Crippen MR) is 197 cm³/mol. The van der Waals surface area contributed by atoms with E-state index in [0.717, 1.165) is 13.8 Å². The molecular formula is C41H54O18. The average molecular weight is 835 g/mol. The number of carboxylic acids is 1. The fourth-order valence-electron chi connectivity index (χ4n) is 10.3. The lowest BCUT2D eigenvalue weighted by Crippen LogP contribution is -2.68.